The van der Waals surface area contributed by atoms with Crippen molar-refractivity contribution in [3.63, 3.8) is 0 Å². The van der Waals surface area contributed by atoms with Crippen molar-refractivity contribution in [1.82, 2.24) is 0 Å². The van der Waals surface area contributed by atoms with Crippen molar-refractivity contribution in [3.05, 3.63) is 0 Å². The van der Waals surface area contributed by atoms with E-state index in [1.54, 1.807) is 0 Å². The van der Waals surface area contributed by atoms with Gasteiger partial charge in [0, 0.05) is 5.75 Å². The maximum atomic E-state index is 11.4. The van der Waals surface area contributed by atoms with Crippen molar-refractivity contribution in [2.24, 2.45) is 17.6 Å². The normalized spacial score (nSPS) is 27.3. The minimum atomic E-state index is -2.78. The van der Waals surface area contributed by atoms with Crippen LogP contribution in [0.3, 0.4) is 0 Å². The largest absolute Gasteiger partial charge is 0.330 e. The Kier molecular flexibility index (Phi) is 4.38. The molecule has 4 heteroatoms. The molecule has 0 amide bonds. The van der Waals surface area contributed by atoms with Crippen molar-refractivity contribution < 1.29 is 8.42 Å². The van der Waals surface area contributed by atoms with Crippen molar-refractivity contribution in [1.29, 1.82) is 0 Å². The van der Waals surface area contributed by atoms with E-state index in [0.717, 1.165) is 19.4 Å². The second-order valence-corrected chi connectivity index (χ2v) is 6.58. The van der Waals surface area contributed by atoms with Crippen LogP contribution >= 0.6 is 0 Å². The minimum absolute atomic E-state index is 0.340. The van der Waals surface area contributed by atoms with E-state index in [0.29, 0.717) is 23.3 Å². The molecule has 84 valence electrons. The standard InChI is InChI=1S/C10H21NO2S/c1-2-6-14(12,13)7-5-9-3-4-10(9)8-11/h9-10H,2-8,11H2,1H3. The van der Waals surface area contributed by atoms with Gasteiger partial charge < -0.3 is 5.73 Å². The zero-order chi connectivity index (χ0) is 10.6. The number of hydrogen-bond acceptors (Lipinski definition) is 3. The molecule has 2 N–H and O–H groups in total. The highest BCUT2D eigenvalue weighted by Crippen LogP contribution is 2.36. The zero-order valence-corrected chi connectivity index (χ0v) is 9.72. The molecule has 0 aromatic heterocycles. The average molecular weight is 219 g/mol. The highest BCUT2D eigenvalue weighted by Gasteiger charge is 2.30. The summed E-state index contributed by atoms with van der Waals surface area (Å²) in [5.41, 5.74) is 5.57. The van der Waals surface area contributed by atoms with Gasteiger partial charge in [-0.3, -0.25) is 0 Å². The highest BCUT2D eigenvalue weighted by molar-refractivity contribution is 7.91. The highest BCUT2D eigenvalue weighted by atomic mass is 32.2. The van der Waals surface area contributed by atoms with Crippen molar-refractivity contribution >= 4 is 9.84 Å². The van der Waals surface area contributed by atoms with Crippen LogP contribution in [0.25, 0.3) is 0 Å². The smallest absolute Gasteiger partial charge is 0.150 e. The lowest BCUT2D eigenvalue weighted by atomic mass is 9.72. The van der Waals surface area contributed by atoms with E-state index in [1.165, 1.54) is 12.8 Å². The summed E-state index contributed by atoms with van der Waals surface area (Å²) in [6.07, 6.45) is 3.91. The van der Waals surface area contributed by atoms with Crippen molar-refractivity contribution in [2.75, 3.05) is 18.1 Å². The molecule has 2 atom stereocenters. The van der Waals surface area contributed by atoms with Gasteiger partial charge in [0.25, 0.3) is 0 Å². The van der Waals surface area contributed by atoms with Crippen molar-refractivity contribution in [3.8, 4) is 0 Å². The van der Waals surface area contributed by atoms with Crippen LogP contribution in [0.1, 0.15) is 32.6 Å². The van der Waals surface area contributed by atoms with Gasteiger partial charge in [-0.05, 0) is 44.1 Å². The molecule has 0 radical (unpaired) electrons. The molecule has 0 aliphatic heterocycles. The maximum Gasteiger partial charge on any atom is 0.150 e. The van der Waals surface area contributed by atoms with Gasteiger partial charge in [-0.25, -0.2) is 8.42 Å². The summed E-state index contributed by atoms with van der Waals surface area (Å²) in [6, 6.07) is 0. The topological polar surface area (TPSA) is 60.2 Å². The molecule has 0 aromatic carbocycles. The summed E-state index contributed by atoms with van der Waals surface area (Å²) in [4.78, 5) is 0. The molecule has 1 aliphatic carbocycles. The van der Waals surface area contributed by atoms with E-state index < -0.39 is 9.84 Å². The summed E-state index contributed by atoms with van der Waals surface area (Å²) in [6.45, 7) is 2.63. The van der Waals surface area contributed by atoms with Crippen LogP contribution in [0.5, 0.6) is 0 Å². The molecule has 0 spiro atoms. The van der Waals surface area contributed by atoms with Gasteiger partial charge in [-0.1, -0.05) is 6.92 Å². The summed E-state index contributed by atoms with van der Waals surface area (Å²) in [5.74, 6) is 1.87. The monoisotopic (exact) mass is 219 g/mol. The number of rotatable bonds is 6. The maximum absolute atomic E-state index is 11.4. The summed E-state index contributed by atoms with van der Waals surface area (Å²) < 4.78 is 22.9. The molecule has 0 bridgehead atoms. The first-order chi connectivity index (χ1) is 6.59. The zero-order valence-electron chi connectivity index (χ0n) is 8.91. The summed E-state index contributed by atoms with van der Waals surface area (Å²) in [7, 11) is -2.78. The van der Waals surface area contributed by atoms with Gasteiger partial charge in [0.1, 0.15) is 9.84 Å². The first-order valence-electron chi connectivity index (χ1n) is 5.49. The second kappa shape index (κ2) is 5.12. The third-order valence-corrected chi connectivity index (χ3v) is 5.08. The van der Waals surface area contributed by atoms with E-state index in [2.05, 4.69) is 0 Å². The molecule has 0 aromatic rings. The lowest BCUT2D eigenvalue weighted by Gasteiger charge is -2.35. The second-order valence-electron chi connectivity index (χ2n) is 4.27. The Balaban J connectivity index is 2.26. The average Bonchev–Trinajstić information content (AvgIpc) is 2.02. The molecule has 2 unspecified atom stereocenters. The molecule has 0 heterocycles. The van der Waals surface area contributed by atoms with Crippen LogP contribution in [0.15, 0.2) is 0 Å². The Morgan fingerprint density at radius 2 is 1.86 bits per heavy atom. The Morgan fingerprint density at radius 1 is 1.21 bits per heavy atom. The molecule has 14 heavy (non-hydrogen) atoms. The van der Waals surface area contributed by atoms with E-state index in [1.807, 2.05) is 6.92 Å². The van der Waals surface area contributed by atoms with E-state index >= 15 is 0 Å². The van der Waals surface area contributed by atoms with Gasteiger partial charge in [-0.2, -0.15) is 0 Å². The predicted molar refractivity (Wildman–Crippen MR) is 58.8 cm³/mol. The fourth-order valence-electron chi connectivity index (χ4n) is 2.07. The molecular formula is C10H21NO2S. The molecule has 1 fully saturated rings. The SMILES string of the molecule is CCCS(=O)(=O)CCC1CCC1CN. The van der Waals surface area contributed by atoms with Crippen molar-refractivity contribution in [2.45, 2.75) is 32.6 Å². The number of sulfone groups is 1. The van der Waals surface area contributed by atoms with Gasteiger partial charge in [-0.15, -0.1) is 0 Å². The minimum Gasteiger partial charge on any atom is -0.330 e. The van der Waals surface area contributed by atoms with Crippen LogP contribution in [0.4, 0.5) is 0 Å². The Bertz CT molecular complexity index is 259. The molecule has 0 saturated heterocycles. The molecule has 1 rings (SSSR count). The van der Waals surface area contributed by atoms with Gasteiger partial charge in [0.15, 0.2) is 0 Å². The quantitative estimate of drug-likeness (QED) is 0.730. The fourth-order valence-corrected chi connectivity index (χ4v) is 3.56. The predicted octanol–water partition coefficient (Wildman–Crippen LogP) is 1.19. The van der Waals surface area contributed by atoms with E-state index in [-0.39, 0.29) is 0 Å². The first kappa shape index (κ1) is 12.0. The molecule has 3 nitrogen and oxygen atoms in total. The molecule has 1 aliphatic rings. The van der Waals surface area contributed by atoms with Crippen LogP contribution in [0.2, 0.25) is 0 Å². The van der Waals surface area contributed by atoms with Crippen LogP contribution in [-0.2, 0) is 9.84 Å². The van der Waals surface area contributed by atoms with Gasteiger partial charge >= 0.3 is 0 Å². The van der Waals surface area contributed by atoms with Crippen LogP contribution in [0, 0.1) is 11.8 Å². The molecule has 1 saturated carbocycles. The Labute approximate surface area is 87.0 Å². The first-order valence-corrected chi connectivity index (χ1v) is 7.31. The lowest BCUT2D eigenvalue weighted by Crippen LogP contribution is -2.33. The number of hydrogen-bond donors (Lipinski definition) is 1. The third kappa shape index (κ3) is 3.24. The Hall–Kier alpha value is -0.0900. The Morgan fingerprint density at radius 3 is 2.29 bits per heavy atom. The summed E-state index contributed by atoms with van der Waals surface area (Å²) >= 11 is 0. The van der Waals surface area contributed by atoms with Crippen LogP contribution < -0.4 is 5.73 Å². The molecular weight excluding hydrogens is 198 g/mol. The van der Waals surface area contributed by atoms with Gasteiger partial charge in [0.05, 0.1) is 5.75 Å². The van der Waals surface area contributed by atoms with E-state index in [4.69, 9.17) is 5.73 Å². The van der Waals surface area contributed by atoms with Crippen LogP contribution in [-0.4, -0.2) is 26.5 Å². The lowest BCUT2D eigenvalue weighted by molar-refractivity contribution is 0.179. The fraction of sp³-hybridized carbons (Fsp3) is 1.00. The van der Waals surface area contributed by atoms with E-state index in [9.17, 15) is 8.42 Å². The third-order valence-electron chi connectivity index (χ3n) is 3.19. The summed E-state index contributed by atoms with van der Waals surface area (Å²) in [5, 5.41) is 0. The number of nitrogens with two attached hydrogens (primary N) is 1. The van der Waals surface area contributed by atoms with Gasteiger partial charge in [0.2, 0.25) is 0 Å².